The number of thiazole rings is 1. The number of morpholine rings is 1. The Morgan fingerprint density at radius 3 is 3.09 bits per heavy atom. The smallest absolute Gasteiger partial charge is 0.255 e. The van der Waals surface area contributed by atoms with E-state index in [2.05, 4.69) is 10.4 Å². The average molecular weight is 334 g/mol. The lowest BCUT2D eigenvalue weighted by atomic mass is 10.1. The molecule has 2 fully saturated rings. The summed E-state index contributed by atoms with van der Waals surface area (Å²) in [6.07, 6.45) is 3.56. The third-order valence-electron chi connectivity index (χ3n) is 4.46. The zero-order chi connectivity index (χ0) is 15.1. The number of aromatic nitrogens is 1. The minimum atomic E-state index is 0.148. The number of thiophene rings is 1. The van der Waals surface area contributed by atoms with Crippen LogP contribution in [0.1, 0.15) is 34.6 Å². The van der Waals surface area contributed by atoms with E-state index in [1.54, 1.807) is 22.7 Å². The van der Waals surface area contributed by atoms with E-state index in [0.29, 0.717) is 13.2 Å². The summed E-state index contributed by atoms with van der Waals surface area (Å²) in [4.78, 5) is 20.5. The van der Waals surface area contributed by atoms with E-state index < -0.39 is 0 Å². The second-order valence-corrected chi connectivity index (χ2v) is 7.83. The number of amides is 1. The summed E-state index contributed by atoms with van der Waals surface area (Å²) in [6.45, 7) is 3.37. The van der Waals surface area contributed by atoms with Crippen molar-refractivity contribution in [3.8, 4) is 10.6 Å². The maximum Gasteiger partial charge on any atom is 0.255 e. The average Bonchev–Trinajstić information content (AvgIpc) is 3.25. The first kappa shape index (κ1) is 14.4. The highest BCUT2D eigenvalue weighted by Crippen LogP contribution is 2.33. The first-order chi connectivity index (χ1) is 10.7. The van der Waals surface area contributed by atoms with E-state index in [1.165, 1.54) is 0 Å². The minimum Gasteiger partial charge on any atom is -0.374 e. The third-order valence-corrected chi connectivity index (χ3v) is 6.19. The Bertz CT molecular complexity index is 694. The van der Waals surface area contributed by atoms with E-state index in [9.17, 15) is 4.79 Å². The van der Waals surface area contributed by atoms with Gasteiger partial charge in [-0.3, -0.25) is 4.79 Å². The van der Waals surface area contributed by atoms with Crippen molar-refractivity contribution in [2.45, 2.75) is 38.3 Å². The number of rotatable bonds is 2. The first-order valence-electron chi connectivity index (χ1n) is 7.66. The van der Waals surface area contributed by atoms with Gasteiger partial charge < -0.3 is 9.64 Å². The maximum atomic E-state index is 12.9. The van der Waals surface area contributed by atoms with Gasteiger partial charge in [-0.05, 0) is 32.3 Å². The van der Waals surface area contributed by atoms with Crippen LogP contribution in [-0.2, 0) is 4.74 Å². The Balaban J connectivity index is 1.56. The molecule has 0 N–H and O–H groups in total. The van der Waals surface area contributed by atoms with Crippen LogP contribution < -0.4 is 0 Å². The molecule has 2 aromatic heterocycles. The van der Waals surface area contributed by atoms with Gasteiger partial charge >= 0.3 is 0 Å². The number of carbonyl (C=O) groups excluding carboxylic acids is 1. The summed E-state index contributed by atoms with van der Waals surface area (Å²) in [5.74, 6) is 0.148. The number of fused-ring (bicyclic) bond motifs is 1. The Morgan fingerprint density at radius 1 is 1.36 bits per heavy atom. The van der Waals surface area contributed by atoms with Gasteiger partial charge in [0, 0.05) is 17.3 Å². The molecular formula is C16H18N2O2S2. The van der Waals surface area contributed by atoms with E-state index in [-0.39, 0.29) is 18.1 Å². The molecular weight excluding hydrogens is 316 g/mol. The zero-order valence-electron chi connectivity index (χ0n) is 12.4. The monoisotopic (exact) mass is 334 g/mol. The molecule has 4 rings (SSSR count). The van der Waals surface area contributed by atoms with Crippen LogP contribution in [0.25, 0.3) is 10.6 Å². The first-order valence-corrected chi connectivity index (χ1v) is 9.42. The number of carbonyl (C=O) groups is 1. The summed E-state index contributed by atoms with van der Waals surface area (Å²) in [6, 6.07) is 2.26. The summed E-state index contributed by atoms with van der Waals surface area (Å²) < 4.78 is 5.80. The molecule has 0 radical (unpaired) electrons. The Labute approximate surface area is 137 Å². The second kappa shape index (κ2) is 5.76. The molecule has 3 heterocycles. The van der Waals surface area contributed by atoms with Gasteiger partial charge in [-0.25, -0.2) is 4.98 Å². The minimum absolute atomic E-state index is 0.148. The highest BCUT2D eigenvalue weighted by atomic mass is 32.1. The Morgan fingerprint density at radius 2 is 2.27 bits per heavy atom. The quantitative estimate of drug-likeness (QED) is 0.843. The fourth-order valence-corrected chi connectivity index (χ4v) is 4.93. The molecule has 0 spiro atoms. The van der Waals surface area contributed by atoms with Gasteiger partial charge in [-0.2, -0.15) is 0 Å². The van der Waals surface area contributed by atoms with Crippen LogP contribution in [0, 0.1) is 6.92 Å². The normalized spacial score (nSPS) is 24.5. The molecule has 0 unspecified atom stereocenters. The van der Waals surface area contributed by atoms with Crippen molar-refractivity contribution in [2.24, 2.45) is 0 Å². The van der Waals surface area contributed by atoms with Crippen LogP contribution >= 0.6 is 22.7 Å². The highest BCUT2D eigenvalue weighted by Gasteiger charge is 2.38. The predicted molar refractivity (Wildman–Crippen MR) is 88.6 cm³/mol. The Kier molecular flexibility index (Phi) is 3.76. The summed E-state index contributed by atoms with van der Waals surface area (Å²) >= 11 is 3.24. The largest absolute Gasteiger partial charge is 0.374 e. The van der Waals surface area contributed by atoms with Crippen molar-refractivity contribution in [1.82, 2.24) is 9.88 Å². The van der Waals surface area contributed by atoms with E-state index in [0.717, 1.165) is 40.4 Å². The SMILES string of the molecule is Cc1nc(-c2cc(C(=O)N3CCO[C@H]4CCC[C@H]43)cs2)cs1. The molecule has 0 aromatic carbocycles. The van der Waals surface area contributed by atoms with Gasteiger partial charge in [0.1, 0.15) is 0 Å². The summed E-state index contributed by atoms with van der Waals surface area (Å²) in [5, 5.41) is 5.07. The van der Waals surface area contributed by atoms with Crippen LogP contribution in [0.2, 0.25) is 0 Å². The number of ether oxygens (including phenoxy) is 1. The van der Waals surface area contributed by atoms with Gasteiger partial charge in [-0.1, -0.05) is 0 Å². The van der Waals surface area contributed by atoms with Crippen molar-refractivity contribution in [3.63, 3.8) is 0 Å². The van der Waals surface area contributed by atoms with Gasteiger partial charge in [-0.15, -0.1) is 22.7 Å². The van der Waals surface area contributed by atoms with E-state index in [1.807, 2.05) is 23.3 Å². The molecule has 2 aromatic rings. The molecule has 1 aliphatic carbocycles. The number of hydrogen-bond donors (Lipinski definition) is 0. The topological polar surface area (TPSA) is 42.4 Å². The number of hydrogen-bond acceptors (Lipinski definition) is 5. The molecule has 2 atom stereocenters. The van der Waals surface area contributed by atoms with Crippen LogP contribution in [-0.4, -0.2) is 41.1 Å². The standard InChI is InChI=1S/C16H18N2O2S2/c1-10-17-12(9-21-10)15-7-11(8-22-15)16(19)18-5-6-20-14-4-2-3-13(14)18/h7-9,13-14H,2-6H2,1H3/t13-,14+/m1/s1. The van der Waals surface area contributed by atoms with Crippen LogP contribution in [0.15, 0.2) is 16.8 Å². The van der Waals surface area contributed by atoms with Crippen LogP contribution in [0.5, 0.6) is 0 Å². The Hall–Kier alpha value is -1.24. The number of nitrogens with zero attached hydrogens (tertiary/aromatic N) is 2. The maximum absolute atomic E-state index is 12.9. The molecule has 1 saturated heterocycles. The molecule has 22 heavy (non-hydrogen) atoms. The molecule has 1 saturated carbocycles. The third kappa shape index (κ3) is 2.49. The van der Waals surface area contributed by atoms with Gasteiger partial charge in [0.2, 0.25) is 0 Å². The molecule has 2 aliphatic rings. The zero-order valence-corrected chi connectivity index (χ0v) is 14.1. The highest BCUT2D eigenvalue weighted by molar-refractivity contribution is 7.14. The van der Waals surface area contributed by atoms with Crippen molar-refractivity contribution in [1.29, 1.82) is 0 Å². The molecule has 0 bridgehead atoms. The van der Waals surface area contributed by atoms with E-state index in [4.69, 9.17) is 4.74 Å². The lowest BCUT2D eigenvalue weighted by molar-refractivity contribution is -0.0445. The molecule has 1 amide bonds. The van der Waals surface area contributed by atoms with Gasteiger partial charge in [0.15, 0.2) is 0 Å². The second-order valence-electron chi connectivity index (χ2n) is 5.86. The molecule has 1 aliphatic heterocycles. The summed E-state index contributed by atoms with van der Waals surface area (Å²) in [5.41, 5.74) is 1.77. The van der Waals surface area contributed by atoms with Crippen molar-refractivity contribution < 1.29 is 9.53 Å². The lowest BCUT2D eigenvalue weighted by Crippen LogP contribution is -2.51. The molecule has 116 valence electrons. The van der Waals surface area contributed by atoms with Crippen molar-refractivity contribution in [2.75, 3.05) is 13.2 Å². The molecule has 6 heteroatoms. The fourth-order valence-electron chi connectivity index (χ4n) is 3.40. The predicted octanol–water partition coefficient (Wildman–Crippen LogP) is 3.57. The van der Waals surface area contributed by atoms with Gasteiger partial charge in [0.05, 0.1) is 39.9 Å². The lowest BCUT2D eigenvalue weighted by Gasteiger charge is -2.37. The molecule has 4 nitrogen and oxygen atoms in total. The summed E-state index contributed by atoms with van der Waals surface area (Å²) in [7, 11) is 0. The fraction of sp³-hybridized carbons (Fsp3) is 0.500. The van der Waals surface area contributed by atoms with Crippen LogP contribution in [0.3, 0.4) is 0 Å². The van der Waals surface area contributed by atoms with Crippen molar-refractivity contribution >= 4 is 28.6 Å². The van der Waals surface area contributed by atoms with Crippen molar-refractivity contribution in [3.05, 3.63) is 27.4 Å². The van der Waals surface area contributed by atoms with Crippen LogP contribution in [0.4, 0.5) is 0 Å². The van der Waals surface area contributed by atoms with Gasteiger partial charge in [0.25, 0.3) is 5.91 Å². The number of aryl methyl sites for hydroxylation is 1. The van der Waals surface area contributed by atoms with E-state index >= 15 is 0 Å².